The van der Waals surface area contributed by atoms with Crippen molar-refractivity contribution in [3.8, 4) is 0 Å². The minimum absolute atomic E-state index is 0.00835. The molecule has 156 valence electrons. The quantitative estimate of drug-likeness (QED) is 0.648. The van der Waals surface area contributed by atoms with Crippen LogP contribution in [-0.2, 0) is 4.79 Å². The Morgan fingerprint density at radius 1 is 0.966 bits per heavy atom. The van der Waals surface area contributed by atoms with E-state index in [-0.39, 0.29) is 18.1 Å². The zero-order chi connectivity index (χ0) is 20.0. The van der Waals surface area contributed by atoms with Crippen LogP contribution < -0.4 is 10.6 Å². The smallest absolute Gasteiger partial charge is 0.254 e. The standard InChI is InChI=1S/C21H29N5O3/c27-18(24-11-13-25(14-12-24)19(28)21(29)6-7-21)16-3-1-15(2-4-16)17-5-9-26-10-8-22-20(26)23-17/h1-4,17,20,22-23,29H,5-14H2. The van der Waals surface area contributed by atoms with Crippen LogP contribution in [0.5, 0.6) is 0 Å². The number of carbonyl (C=O) groups is 2. The summed E-state index contributed by atoms with van der Waals surface area (Å²) in [6.07, 6.45) is 2.43. The van der Waals surface area contributed by atoms with Gasteiger partial charge >= 0.3 is 0 Å². The number of benzene rings is 1. The van der Waals surface area contributed by atoms with Crippen LogP contribution in [0, 0.1) is 0 Å². The minimum atomic E-state index is -1.12. The van der Waals surface area contributed by atoms with Crippen molar-refractivity contribution < 1.29 is 14.7 Å². The molecule has 4 aliphatic rings. The highest BCUT2D eigenvalue weighted by atomic mass is 16.3. The SMILES string of the molecule is O=C(c1ccc(C2CCN3CCNC3N2)cc1)N1CCN(C(=O)C2(O)CC2)CC1. The number of nitrogens with one attached hydrogen (secondary N) is 2. The van der Waals surface area contributed by atoms with Gasteiger partial charge in [-0.3, -0.25) is 25.1 Å². The zero-order valence-corrected chi connectivity index (χ0v) is 16.6. The van der Waals surface area contributed by atoms with Gasteiger partial charge in [-0.15, -0.1) is 0 Å². The molecule has 3 aliphatic heterocycles. The molecule has 2 unspecified atom stereocenters. The lowest BCUT2D eigenvalue weighted by atomic mass is 10.00. The van der Waals surface area contributed by atoms with Crippen LogP contribution in [0.3, 0.4) is 0 Å². The predicted molar refractivity (Wildman–Crippen MR) is 107 cm³/mol. The topological polar surface area (TPSA) is 88.2 Å². The maximum atomic E-state index is 12.9. The molecular weight excluding hydrogens is 370 g/mol. The Hall–Kier alpha value is -2.00. The van der Waals surface area contributed by atoms with Gasteiger partial charge in [-0.1, -0.05) is 12.1 Å². The first-order chi connectivity index (χ1) is 14.0. The molecule has 2 atom stereocenters. The van der Waals surface area contributed by atoms with E-state index in [9.17, 15) is 14.7 Å². The summed E-state index contributed by atoms with van der Waals surface area (Å²) in [5, 5.41) is 17.1. The van der Waals surface area contributed by atoms with E-state index < -0.39 is 5.60 Å². The van der Waals surface area contributed by atoms with Crippen molar-refractivity contribution in [1.29, 1.82) is 0 Å². The normalized spacial score (nSPS) is 28.9. The van der Waals surface area contributed by atoms with Gasteiger partial charge in [0.1, 0.15) is 11.9 Å². The summed E-state index contributed by atoms with van der Waals surface area (Å²) in [5.41, 5.74) is 0.772. The lowest BCUT2D eigenvalue weighted by Crippen LogP contribution is -2.53. The number of fused-ring (bicyclic) bond motifs is 1. The molecule has 1 aliphatic carbocycles. The molecular formula is C21H29N5O3. The van der Waals surface area contributed by atoms with Crippen LogP contribution in [0.2, 0.25) is 0 Å². The Kier molecular flexibility index (Phi) is 4.82. The number of aliphatic hydroxyl groups is 1. The molecule has 3 N–H and O–H groups in total. The number of carbonyl (C=O) groups excluding carboxylic acids is 2. The van der Waals surface area contributed by atoms with Crippen molar-refractivity contribution in [2.24, 2.45) is 0 Å². The number of nitrogens with zero attached hydrogens (tertiary/aromatic N) is 3. The van der Waals surface area contributed by atoms with Gasteiger partial charge in [0, 0.05) is 57.4 Å². The number of hydrogen-bond acceptors (Lipinski definition) is 6. The number of amides is 2. The van der Waals surface area contributed by atoms with E-state index in [0.717, 1.165) is 26.1 Å². The molecule has 0 bridgehead atoms. The van der Waals surface area contributed by atoms with Crippen LogP contribution >= 0.6 is 0 Å². The summed E-state index contributed by atoms with van der Waals surface area (Å²) in [7, 11) is 0. The fourth-order valence-corrected chi connectivity index (χ4v) is 4.62. The summed E-state index contributed by atoms with van der Waals surface area (Å²) in [4.78, 5) is 31.0. The molecule has 0 spiro atoms. The molecule has 4 fully saturated rings. The molecule has 5 rings (SSSR count). The second-order valence-electron chi connectivity index (χ2n) is 8.64. The summed E-state index contributed by atoms with van der Waals surface area (Å²) < 4.78 is 0. The second kappa shape index (κ2) is 7.36. The van der Waals surface area contributed by atoms with Crippen LogP contribution in [0.15, 0.2) is 24.3 Å². The molecule has 29 heavy (non-hydrogen) atoms. The summed E-state index contributed by atoms with van der Waals surface area (Å²) >= 11 is 0. The second-order valence-corrected chi connectivity index (χ2v) is 8.64. The maximum absolute atomic E-state index is 12.9. The van der Waals surface area contributed by atoms with Crippen molar-refractivity contribution in [3.05, 3.63) is 35.4 Å². The highest BCUT2D eigenvalue weighted by Gasteiger charge is 2.50. The first-order valence-electron chi connectivity index (χ1n) is 10.7. The van der Waals surface area contributed by atoms with Crippen molar-refractivity contribution in [1.82, 2.24) is 25.3 Å². The molecule has 8 heteroatoms. The van der Waals surface area contributed by atoms with Crippen molar-refractivity contribution in [3.63, 3.8) is 0 Å². The van der Waals surface area contributed by atoms with Crippen LogP contribution in [0.4, 0.5) is 0 Å². The highest BCUT2D eigenvalue weighted by molar-refractivity contribution is 5.94. The fourth-order valence-electron chi connectivity index (χ4n) is 4.62. The van der Waals surface area contributed by atoms with E-state index in [1.165, 1.54) is 5.56 Å². The van der Waals surface area contributed by atoms with Gasteiger partial charge in [-0.05, 0) is 37.0 Å². The highest BCUT2D eigenvalue weighted by Crippen LogP contribution is 2.37. The molecule has 1 saturated carbocycles. The van der Waals surface area contributed by atoms with Crippen molar-refractivity contribution in [2.45, 2.75) is 37.2 Å². The summed E-state index contributed by atoms with van der Waals surface area (Å²) in [6.45, 7) is 5.19. The third kappa shape index (κ3) is 3.66. The van der Waals surface area contributed by atoms with E-state index in [1.807, 2.05) is 12.1 Å². The van der Waals surface area contributed by atoms with Gasteiger partial charge < -0.3 is 14.9 Å². The predicted octanol–water partition coefficient (Wildman–Crippen LogP) is -0.281. The van der Waals surface area contributed by atoms with Gasteiger partial charge in [0.05, 0.1) is 0 Å². The van der Waals surface area contributed by atoms with Crippen molar-refractivity contribution in [2.75, 3.05) is 45.8 Å². The van der Waals surface area contributed by atoms with Crippen LogP contribution in [-0.4, -0.2) is 89.3 Å². The number of piperazine rings is 1. The average Bonchev–Trinajstić information content (AvgIpc) is 3.34. The molecule has 3 saturated heterocycles. The van der Waals surface area contributed by atoms with Crippen molar-refractivity contribution >= 4 is 11.8 Å². The van der Waals surface area contributed by atoms with Gasteiger partial charge in [-0.25, -0.2) is 0 Å². The van der Waals surface area contributed by atoms with E-state index in [4.69, 9.17) is 0 Å². The van der Waals surface area contributed by atoms with E-state index in [0.29, 0.717) is 50.6 Å². The Balaban J connectivity index is 1.17. The first-order valence-corrected chi connectivity index (χ1v) is 10.7. The average molecular weight is 399 g/mol. The maximum Gasteiger partial charge on any atom is 0.254 e. The van der Waals surface area contributed by atoms with Crippen LogP contribution in [0.25, 0.3) is 0 Å². The molecule has 8 nitrogen and oxygen atoms in total. The fraction of sp³-hybridized carbons (Fsp3) is 0.619. The van der Waals surface area contributed by atoms with Crippen LogP contribution in [0.1, 0.15) is 41.2 Å². The molecule has 1 aromatic carbocycles. The summed E-state index contributed by atoms with van der Waals surface area (Å²) in [6, 6.07) is 8.24. The number of rotatable bonds is 3. The van der Waals surface area contributed by atoms with Gasteiger partial charge in [0.15, 0.2) is 0 Å². The Morgan fingerprint density at radius 3 is 2.34 bits per heavy atom. The molecule has 1 aromatic rings. The Bertz CT molecular complexity index is 786. The Labute approximate surface area is 170 Å². The van der Waals surface area contributed by atoms with E-state index in [1.54, 1.807) is 9.80 Å². The number of hydrogen-bond donors (Lipinski definition) is 3. The third-order valence-corrected chi connectivity index (χ3v) is 6.70. The monoisotopic (exact) mass is 399 g/mol. The zero-order valence-electron chi connectivity index (χ0n) is 16.6. The third-order valence-electron chi connectivity index (χ3n) is 6.70. The lowest BCUT2D eigenvalue weighted by molar-refractivity contribution is -0.143. The summed E-state index contributed by atoms with van der Waals surface area (Å²) in [5.74, 6) is -0.168. The lowest BCUT2D eigenvalue weighted by Gasteiger charge is -2.36. The van der Waals surface area contributed by atoms with Gasteiger partial charge in [0.2, 0.25) is 0 Å². The largest absolute Gasteiger partial charge is 0.380 e. The van der Waals surface area contributed by atoms with E-state index >= 15 is 0 Å². The Morgan fingerprint density at radius 2 is 1.66 bits per heavy atom. The minimum Gasteiger partial charge on any atom is -0.380 e. The van der Waals surface area contributed by atoms with E-state index in [2.05, 4.69) is 27.7 Å². The molecule has 0 radical (unpaired) electrons. The first kappa shape index (κ1) is 19.0. The van der Waals surface area contributed by atoms with Gasteiger partial charge in [-0.2, -0.15) is 0 Å². The molecule has 2 amide bonds. The molecule has 0 aromatic heterocycles. The molecule has 3 heterocycles. The van der Waals surface area contributed by atoms with Gasteiger partial charge in [0.25, 0.3) is 11.8 Å².